The molecule has 2 aliphatic heterocycles. The van der Waals surface area contributed by atoms with Gasteiger partial charge in [0.15, 0.2) is 0 Å². The van der Waals surface area contributed by atoms with Crippen molar-refractivity contribution in [3.63, 3.8) is 0 Å². The highest BCUT2D eigenvalue weighted by molar-refractivity contribution is 7.02. The molecule has 0 aliphatic carbocycles. The Balaban J connectivity index is 1.24. The molecule has 0 N–H and O–H groups in total. The smallest absolute Gasteiger partial charge is 0.262 e. The van der Waals surface area contributed by atoms with Gasteiger partial charge in [-0.1, -0.05) is 147 Å². The summed E-state index contributed by atoms with van der Waals surface area (Å²) in [4.78, 5) is 4.72. The molecule has 11 rings (SSSR count). The van der Waals surface area contributed by atoms with E-state index in [0.717, 1.165) is 89.7 Å². The number of nitrogens with zero attached hydrogens (tertiary/aromatic N) is 2. The fraction of sp³-hybridized carbons (Fsp3) is 0.0741. The van der Waals surface area contributed by atoms with Crippen LogP contribution in [0.1, 0.15) is 5.56 Å². The Hall–Kier alpha value is -7.02. The van der Waals surface area contributed by atoms with Crippen LogP contribution >= 0.6 is 0 Å². The van der Waals surface area contributed by atoms with E-state index < -0.39 is 8.07 Å². The van der Waals surface area contributed by atoms with Crippen molar-refractivity contribution >= 4 is 92.0 Å². The van der Waals surface area contributed by atoms with Crippen LogP contribution in [0.4, 0.5) is 34.1 Å². The fourth-order valence-electron chi connectivity index (χ4n) is 9.53. The molecule has 0 aromatic heterocycles. The number of anilines is 6. The summed E-state index contributed by atoms with van der Waals surface area (Å²) in [5.74, 6) is 3.59. The van der Waals surface area contributed by atoms with Crippen molar-refractivity contribution in [3.8, 4) is 23.0 Å². The van der Waals surface area contributed by atoms with E-state index in [-0.39, 0.29) is 6.71 Å². The van der Waals surface area contributed by atoms with Gasteiger partial charge in [0, 0.05) is 51.1 Å². The van der Waals surface area contributed by atoms with Crippen LogP contribution < -0.4 is 40.8 Å². The van der Waals surface area contributed by atoms with Crippen molar-refractivity contribution in [2.75, 3.05) is 9.80 Å². The molecular weight excluding hydrogens is 748 g/mol. The molecule has 288 valence electrons. The largest absolute Gasteiger partial charge is 0.458 e. The molecule has 2 heterocycles. The normalized spacial score (nSPS) is 12.6. The first-order valence-corrected chi connectivity index (χ1v) is 24.3. The standard InChI is InChI=1S/C54H43BN2O2Si/c1-36-33-49(60(2,3)4)54-52-53(36)58-47-34-45(56(37-21-9-5-10-22-37)38-23-11-6-12-24-38)41-29-17-19-31-43(41)50(47)55(52)51-44-32-20-18-30-42(44)46(35-48(51)59-54)57(39-25-13-7-14-26-39)40-27-15-8-16-28-40/h5-35H,1-4H3. The Morgan fingerprint density at radius 3 is 1.13 bits per heavy atom. The topological polar surface area (TPSA) is 24.9 Å². The lowest BCUT2D eigenvalue weighted by molar-refractivity contribution is 0.465. The van der Waals surface area contributed by atoms with Crippen molar-refractivity contribution in [1.29, 1.82) is 0 Å². The van der Waals surface area contributed by atoms with Crippen LogP contribution in [0.2, 0.25) is 19.6 Å². The van der Waals surface area contributed by atoms with Gasteiger partial charge >= 0.3 is 0 Å². The molecule has 0 atom stereocenters. The predicted octanol–water partition coefficient (Wildman–Crippen LogP) is 12.5. The van der Waals surface area contributed by atoms with E-state index in [1.54, 1.807) is 0 Å². The van der Waals surface area contributed by atoms with Crippen LogP contribution in [0.15, 0.2) is 188 Å². The van der Waals surface area contributed by atoms with Crippen molar-refractivity contribution in [2.45, 2.75) is 26.6 Å². The van der Waals surface area contributed by atoms with E-state index in [9.17, 15) is 0 Å². The van der Waals surface area contributed by atoms with Gasteiger partial charge in [0.25, 0.3) is 6.71 Å². The SMILES string of the molecule is Cc1cc([Si](C)(C)C)c2c3c1Oc1cc(N(c4ccccc4)c4ccccc4)c4ccccc4c1B3c1c(cc(N(c3ccccc3)c3ccccc3)c3ccccc13)O2. The van der Waals surface area contributed by atoms with Crippen LogP contribution in [0, 0.1) is 6.92 Å². The number of ether oxygens (including phenoxy) is 2. The highest BCUT2D eigenvalue weighted by atomic mass is 28.3. The summed E-state index contributed by atoms with van der Waals surface area (Å²) >= 11 is 0. The molecular formula is C54H43BN2O2Si. The summed E-state index contributed by atoms with van der Waals surface area (Å²) in [7, 11) is -1.94. The summed E-state index contributed by atoms with van der Waals surface area (Å²) in [6.45, 7) is 9.30. The molecule has 0 bridgehead atoms. The lowest BCUT2D eigenvalue weighted by Gasteiger charge is -2.39. The summed E-state index contributed by atoms with van der Waals surface area (Å²) in [5, 5.41) is 5.94. The molecule has 2 aliphatic rings. The molecule has 6 heteroatoms. The molecule has 0 spiro atoms. The van der Waals surface area contributed by atoms with E-state index in [1.165, 1.54) is 16.1 Å². The number of aryl methyl sites for hydroxylation is 1. The Kier molecular flexibility index (Phi) is 8.47. The number of hydrogen-bond donors (Lipinski definition) is 0. The highest BCUT2D eigenvalue weighted by Gasteiger charge is 2.46. The van der Waals surface area contributed by atoms with Gasteiger partial charge in [-0.15, -0.1) is 0 Å². The first kappa shape index (κ1) is 36.1. The minimum atomic E-state index is -1.94. The number of hydrogen-bond acceptors (Lipinski definition) is 4. The van der Waals surface area contributed by atoms with Crippen LogP contribution in [-0.4, -0.2) is 14.8 Å². The van der Waals surface area contributed by atoms with Gasteiger partial charge in [-0.25, -0.2) is 0 Å². The summed E-state index contributed by atoms with van der Waals surface area (Å²) in [5.41, 5.74) is 11.1. The van der Waals surface area contributed by atoms with E-state index in [2.05, 4.69) is 224 Å². The highest BCUT2D eigenvalue weighted by Crippen LogP contribution is 2.47. The molecule has 0 amide bonds. The maximum atomic E-state index is 7.43. The molecule has 4 nitrogen and oxygen atoms in total. The molecule has 0 radical (unpaired) electrons. The van der Waals surface area contributed by atoms with Crippen molar-refractivity contribution in [3.05, 3.63) is 194 Å². The minimum absolute atomic E-state index is 0.154. The quantitative estimate of drug-likeness (QED) is 0.150. The van der Waals surface area contributed by atoms with Crippen LogP contribution in [0.5, 0.6) is 23.0 Å². The molecule has 9 aromatic rings. The van der Waals surface area contributed by atoms with E-state index in [1.807, 2.05) is 0 Å². The maximum Gasteiger partial charge on any atom is 0.262 e. The van der Waals surface area contributed by atoms with E-state index >= 15 is 0 Å². The number of fused-ring (bicyclic) bond motifs is 8. The zero-order valence-electron chi connectivity index (χ0n) is 34.2. The molecule has 9 aromatic carbocycles. The first-order chi connectivity index (χ1) is 29.3. The monoisotopic (exact) mass is 790 g/mol. The van der Waals surface area contributed by atoms with Gasteiger partial charge in [0.05, 0.1) is 19.4 Å². The molecule has 0 saturated carbocycles. The minimum Gasteiger partial charge on any atom is -0.458 e. The third-order valence-corrected chi connectivity index (χ3v) is 14.1. The second-order valence-electron chi connectivity index (χ2n) is 16.9. The van der Waals surface area contributed by atoms with E-state index in [4.69, 9.17) is 9.47 Å². The maximum absolute atomic E-state index is 7.43. The van der Waals surface area contributed by atoms with Crippen molar-refractivity contribution in [1.82, 2.24) is 0 Å². The fourth-order valence-corrected chi connectivity index (χ4v) is 11.0. The van der Waals surface area contributed by atoms with Crippen molar-refractivity contribution < 1.29 is 9.47 Å². The van der Waals surface area contributed by atoms with Gasteiger partial charge in [0.2, 0.25) is 0 Å². The van der Waals surface area contributed by atoms with Crippen LogP contribution in [0.3, 0.4) is 0 Å². The van der Waals surface area contributed by atoms with Gasteiger partial charge in [-0.2, -0.15) is 0 Å². The number of rotatable bonds is 7. The summed E-state index contributed by atoms with van der Waals surface area (Å²) in [6, 6.07) is 67.3. The average Bonchev–Trinajstić information content (AvgIpc) is 3.28. The van der Waals surface area contributed by atoms with Crippen LogP contribution in [-0.2, 0) is 0 Å². The number of para-hydroxylation sites is 4. The first-order valence-electron chi connectivity index (χ1n) is 20.8. The van der Waals surface area contributed by atoms with Crippen molar-refractivity contribution in [2.24, 2.45) is 0 Å². The lowest BCUT2D eigenvalue weighted by atomic mass is 9.33. The van der Waals surface area contributed by atoms with Gasteiger partial charge in [0.1, 0.15) is 23.0 Å². The van der Waals surface area contributed by atoms with Gasteiger partial charge in [-0.05, 0) is 87.9 Å². The molecule has 0 unspecified atom stereocenters. The molecule has 0 saturated heterocycles. The second-order valence-corrected chi connectivity index (χ2v) is 22.0. The van der Waals surface area contributed by atoms with Gasteiger partial charge in [-0.3, -0.25) is 0 Å². The molecule has 0 fully saturated rings. The molecule has 60 heavy (non-hydrogen) atoms. The number of benzene rings is 9. The zero-order valence-corrected chi connectivity index (χ0v) is 35.2. The third kappa shape index (κ3) is 5.74. The Morgan fingerprint density at radius 1 is 0.400 bits per heavy atom. The summed E-state index contributed by atoms with van der Waals surface area (Å²) in [6.07, 6.45) is 0. The zero-order chi connectivity index (χ0) is 40.5. The Morgan fingerprint density at radius 2 is 0.750 bits per heavy atom. The third-order valence-electron chi connectivity index (χ3n) is 12.1. The second kappa shape index (κ2) is 14.1. The van der Waals surface area contributed by atoms with E-state index in [0.29, 0.717) is 0 Å². The average molecular weight is 791 g/mol. The van der Waals surface area contributed by atoms with Crippen LogP contribution in [0.25, 0.3) is 21.5 Å². The summed E-state index contributed by atoms with van der Waals surface area (Å²) < 4.78 is 14.7. The lowest BCUT2D eigenvalue weighted by Crippen LogP contribution is -2.60. The predicted molar refractivity (Wildman–Crippen MR) is 256 cm³/mol. The Bertz CT molecular complexity index is 2970. The Labute approximate surface area is 353 Å². The van der Waals surface area contributed by atoms with Gasteiger partial charge < -0.3 is 19.3 Å².